The van der Waals surface area contributed by atoms with Gasteiger partial charge in [0.15, 0.2) is 0 Å². The van der Waals surface area contributed by atoms with Gasteiger partial charge in [-0.1, -0.05) is 37.5 Å². The highest BCUT2D eigenvalue weighted by molar-refractivity contribution is 5.78. The Morgan fingerprint density at radius 1 is 1.00 bits per heavy atom. The fourth-order valence-corrected chi connectivity index (χ4v) is 4.71. The molecule has 2 fully saturated rings. The van der Waals surface area contributed by atoms with Gasteiger partial charge < -0.3 is 10.2 Å². The summed E-state index contributed by atoms with van der Waals surface area (Å²) in [6.45, 7) is 12.5. The van der Waals surface area contributed by atoms with Crippen molar-refractivity contribution < 1.29 is 4.79 Å². The third kappa shape index (κ3) is 6.31. The molecule has 1 amide bonds. The molecule has 1 unspecified atom stereocenters. The number of hydrogen-bond acceptors (Lipinski definition) is 3. The molecule has 0 spiro atoms. The number of nitrogens with zero attached hydrogens (tertiary/aromatic N) is 2. The van der Waals surface area contributed by atoms with Crippen LogP contribution in [0.5, 0.6) is 0 Å². The Morgan fingerprint density at radius 2 is 1.71 bits per heavy atom. The quantitative estimate of drug-likeness (QED) is 0.802. The van der Waals surface area contributed by atoms with E-state index in [1.165, 1.54) is 68.3 Å². The Labute approximate surface area is 171 Å². The second-order valence-electron chi connectivity index (χ2n) is 9.07. The van der Waals surface area contributed by atoms with Crippen molar-refractivity contribution in [3.05, 3.63) is 34.9 Å². The summed E-state index contributed by atoms with van der Waals surface area (Å²) in [5.74, 6) is 1.05. The summed E-state index contributed by atoms with van der Waals surface area (Å²) in [5, 5.41) is 3.19. The Bertz CT molecular complexity index is 639. The first kappa shape index (κ1) is 21.3. The number of amides is 1. The van der Waals surface area contributed by atoms with Gasteiger partial charge in [-0.05, 0) is 75.7 Å². The fraction of sp³-hybridized carbons (Fsp3) is 0.708. The van der Waals surface area contributed by atoms with Gasteiger partial charge in [0.05, 0.1) is 12.6 Å². The van der Waals surface area contributed by atoms with Gasteiger partial charge in [0, 0.05) is 19.6 Å². The zero-order valence-corrected chi connectivity index (χ0v) is 18.2. The minimum Gasteiger partial charge on any atom is -0.348 e. The molecule has 1 aliphatic heterocycles. The lowest BCUT2D eigenvalue weighted by Gasteiger charge is -2.28. The molecule has 156 valence electrons. The molecule has 28 heavy (non-hydrogen) atoms. The van der Waals surface area contributed by atoms with Gasteiger partial charge in [0.1, 0.15) is 0 Å². The van der Waals surface area contributed by atoms with Crippen molar-refractivity contribution in [2.24, 2.45) is 5.92 Å². The summed E-state index contributed by atoms with van der Waals surface area (Å²) in [5.41, 5.74) is 3.76. The number of carbonyl (C=O) groups excluding carboxylic acids is 1. The van der Waals surface area contributed by atoms with Crippen LogP contribution in [0.4, 0.5) is 0 Å². The fourth-order valence-electron chi connectivity index (χ4n) is 4.71. The predicted molar refractivity (Wildman–Crippen MR) is 117 cm³/mol. The molecule has 1 aliphatic carbocycles. The van der Waals surface area contributed by atoms with E-state index in [2.05, 4.69) is 54.1 Å². The van der Waals surface area contributed by atoms with Gasteiger partial charge in [-0.15, -0.1) is 0 Å². The van der Waals surface area contributed by atoms with E-state index in [1.807, 2.05) is 0 Å². The maximum atomic E-state index is 12.6. The molecule has 1 saturated heterocycles. The zero-order valence-electron chi connectivity index (χ0n) is 18.2. The molecule has 0 radical (unpaired) electrons. The Kier molecular flexibility index (Phi) is 7.92. The van der Waals surface area contributed by atoms with Crippen molar-refractivity contribution in [2.75, 3.05) is 39.3 Å². The highest BCUT2D eigenvalue weighted by atomic mass is 16.2. The number of hydrogen-bond donors (Lipinski definition) is 1. The van der Waals surface area contributed by atoms with E-state index >= 15 is 0 Å². The SMILES string of the molecule is Cc1ccc(C(C)NC(=O)CN2CCCN(CC3CCCCC3)CC2)cc1C. The van der Waals surface area contributed by atoms with Crippen LogP contribution in [0.25, 0.3) is 0 Å². The summed E-state index contributed by atoms with van der Waals surface area (Å²) in [6, 6.07) is 6.52. The largest absolute Gasteiger partial charge is 0.348 e. The number of carbonyl (C=O) groups is 1. The lowest BCUT2D eigenvalue weighted by Crippen LogP contribution is -2.40. The normalized spacial score (nSPS) is 21.2. The van der Waals surface area contributed by atoms with Crippen molar-refractivity contribution >= 4 is 5.91 Å². The molecule has 4 nitrogen and oxygen atoms in total. The van der Waals surface area contributed by atoms with Crippen LogP contribution in [-0.2, 0) is 4.79 Å². The highest BCUT2D eigenvalue weighted by Crippen LogP contribution is 2.24. The van der Waals surface area contributed by atoms with Crippen molar-refractivity contribution in [1.82, 2.24) is 15.1 Å². The van der Waals surface area contributed by atoms with Crippen LogP contribution in [-0.4, -0.2) is 55.0 Å². The summed E-state index contributed by atoms with van der Waals surface area (Å²) in [4.78, 5) is 17.6. The molecule has 3 rings (SSSR count). The average molecular weight is 386 g/mol. The second-order valence-corrected chi connectivity index (χ2v) is 9.07. The van der Waals surface area contributed by atoms with Crippen LogP contribution >= 0.6 is 0 Å². The Hall–Kier alpha value is -1.39. The van der Waals surface area contributed by atoms with Gasteiger partial charge in [0.25, 0.3) is 0 Å². The molecule has 1 aromatic rings. The molecular weight excluding hydrogens is 346 g/mol. The molecule has 1 saturated carbocycles. The summed E-state index contributed by atoms with van der Waals surface area (Å²) < 4.78 is 0. The zero-order chi connectivity index (χ0) is 19.9. The topological polar surface area (TPSA) is 35.6 Å². The van der Waals surface area contributed by atoms with Crippen LogP contribution in [0.2, 0.25) is 0 Å². The van der Waals surface area contributed by atoms with Gasteiger partial charge in [0.2, 0.25) is 5.91 Å². The number of aryl methyl sites for hydroxylation is 2. The van der Waals surface area contributed by atoms with Crippen molar-refractivity contribution in [3.8, 4) is 0 Å². The molecule has 1 aromatic carbocycles. The monoisotopic (exact) mass is 385 g/mol. The number of benzene rings is 1. The van der Waals surface area contributed by atoms with Crippen molar-refractivity contribution in [1.29, 1.82) is 0 Å². The van der Waals surface area contributed by atoms with E-state index in [0.29, 0.717) is 6.54 Å². The first-order chi connectivity index (χ1) is 13.5. The summed E-state index contributed by atoms with van der Waals surface area (Å²) in [6.07, 6.45) is 8.28. The highest BCUT2D eigenvalue weighted by Gasteiger charge is 2.21. The van der Waals surface area contributed by atoms with E-state index in [4.69, 9.17) is 0 Å². The smallest absolute Gasteiger partial charge is 0.234 e. The van der Waals surface area contributed by atoms with Gasteiger partial charge in [-0.25, -0.2) is 0 Å². The minimum atomic E-state index is 0.0570. The third-order valence-electron chi connectivity index (χ3n) is 6.70. The maximum Gasteiger partial charge on any atom is 0.234 e. The Balaban J connectivity index is 1.43. The first-order valence-electron chi connectivity index (χ1n) is 11.3. The standard InChI is InChI=1S/C24H39N3O/c1-19-10-11-23(16-20(19)2)21(3)25-24(28)18-27-13-7-12-26(14-15-27)17-22-8-5-4-6-9-22/h10-11,16,21-22H,4-9,12-15,17-18H2,1-3H3,(H,25,28). The van der Waals surface area contributed by atoms with Crippen molar-refractivity contribution in [3.63, 3.8) is 0 Å². The van der Waals surface area contributed by atoms with Crippen LogP contribution in [0.3, 0.4) is 0 Å². The lowest BCUT2D eigenvalue weighted by molar-refractivity contribution is -0.122. The van der Waals surface area contributed by atoms with Crippen LogP contribution in [0.1, 0.15) is 68.2 Å². The first-order valence-corrected chi connectivity index (χ1v) is 11.3. The number of rotatable bonds is 6. The van der Waals surface area contributed by atoms with Gasteiger partial charge >= 0.3 is 0 Å². The molecule has 1 heterocycles. The molecular formula is C24H39N3O. The number of nitrogens with one attached hydrogen (secondary N) is 1. The van der Waals surface area contributed by atoms with E-state index in [-0.39, 0.29) is 11.9 Å². The van der Waals surface area contributed by atoms with Crippen LogP contribution in [0.15, 0.2) is 18.2 Å². The van der Waals surface area contributed by atoms with E-state index in [1.54, 1.807) is 0 Å². The van der Waals surface area contributed by atoms with E-state index < -0.39 is 0 Å². The van der Waals surface area contributed by atoms with E-state index in [0.717, 1.165) is 25.6 Å². The third-order valence-corrected chi connectivity index (χ3v) is 6.70. The molecule has 2 aliphatic rings. The summed E-state index contributed by atoms with van der Waals surface area (Å²) in [7, 11) is 0. The molecule has 4 heteroatoms. The van der Waals surface area contributed by atoms with Crippen LogP contribution in [0, 0.1) is 19.8 Å². The average Bonchev–Trinajstić information content (AvgIpc) is 2.89. The predicted octanol–water partition coefficient (Wildman–Crippen LogP) is 4.07. The maximum absolute atomic E-state index is 12.6. The minimum absolute atomic E-state index is 0.0570. The molecule has 1 atom stereocenters. The molecule has 1 N–H and O–H groups in total. The van der Waals surface area contributed by atoms with Crippen LogP contribution < -0.4 is 5.32 Å². The Morgan fingerprint density at radius 3 is 2.46 bits per heavy atom. The van der Waals surface area contributed by atoms with Gasteiger partial charge in [-0.2, -0.15) is 0 Å². The second kappa shape index (κ2) is 10.4. The van der Waals surface area contributed by atoms with Crippen molar-refractivity contribution in [2.45, 2.75) is 65.3 Å². The molecule has 0 bridgehead atoms. The van der Waals surface area contributed by atoms with E-state index in [9.17, 15) is 4.79 Å². The van der Waals surface area contributed by atoms with Gasteiger partial charge in [-0.3, -0.25) is 9.69 Å². The summed E-state index contributed by atoms with van der Waals surface area (Å²) >= 11 is 0. The lowest BCUT2D eigenvalue weighted by atomic mass is 9.89. The molecule has 0 aromatic heterocycles.